The number of aliphatic hydroxyl groups is 1. The number of hydrogen-bond donors (Lipinski definition) is 4. The molecule has 132 valence electrons. The Labute approximate surface area is 146 Å². The molecule has 2 atom stereocenters. The standard InChI is InChI=1S/C17H24ClN3O3/c18-13-8-4-7-12(10-13)16(23)20-21-17(24)15(22)14(19)9-11-5-2-1-3-6-11/h4,7-8,10-11,14-15,22H,1-3,5-6,9,19H2,(H,20,23)(H,21,24)/t14-,15+/m1/s1. The summed E-state index contributed by atoms with van der Waals surface area (Å²) < 4.78 is 0. The van der Waals surface area contributed by atoms with Gasteiger partial charge >= 0.3 is 0 Å². The van der Waals surface area contributed by atoms with Gasteiger partial charge in [0.25, 0.3) is 11.8 Å². The lowest BCUT2D eigenvalue weighted by Gasteiger charge is -2.26. The fraction of sp³-hybridized carbons (Fsp3) is 0.529. The molecule has 24 heavy (non-hydrogen) atoms. The molecule has 0 saturated heterocycles. The number of hydrazine groups is 1. The van der Waals surface area contributed by atoms with Crippen LogP contribution >= 0.6 is 11.6 Å². The van der Waals surface area contributed by atoms with Gasteiger partial charge in [-0.1, -0.05) is 49.8 Å². The Hall–Kier alpha value is -1.63. The zero-order valence-corrected chi connectivity index (χ0v) is 14.3. The summed E-state index contributed by atoms with van der Waals surface area (Å²) >= 11 is 5.81. The highest BCUT2D eigenvalue weighted by molar-refractivity contribution is 6.30. The molecule has 0 unspecified atom stereocenters. The van der Waals surface area contributed by atoms with Crippen molar-refractivity contribution in [3.63, 3.8) is 0 Å². The number of nitrogens with two attached hydrogens (primary N) is 1. The first-order valence-electron chi connectivity index (χ1n) is 8.27. The molecule has 1 aromatic carbocycles. The Kier molecular flexibility index (Phi) is 7.02. The van der Waals surface area contributed by atoms with Gasteiger partial charge in [0.1, 0.15) is 6.10 Å². The maximum absolute atomic E-state index is 11.9. The molecule has 2 amide bonds. The zero-order valence-electron chi connectivity index (χ0n) is 13.5. The highest BCUT2D eigenvalue weighted by Gasteiger charge is 2.26. The van der Waals surface area contributed by atoms with Crippen molar-refractivity contribution < 1.29 is 14.7 Å². The third kappa shape index (κ3) is 5.47. The number of hydrogen-bond acceptors (Lipinski definition) is 4. The maximum Gasteiger partial charge on any atom is 0.269 e. The van der Waals surface area contributed by atoms with Crippen LogP contribution in [-0.2, 0) is 4.79 Å². The second kappa shape index (κ2) is 9.01. The van der Waals surface area contributed by atoms with Crippen LogP contribution < -0.4 is 16.6 Å². The molecule has 7 heteroatoms. The van der Waals surface area contributed by atoms with E-state index >= 15 is 0 Å². The van der Waals surface area contributed by atoms with Crippen LogP contribution in [-0.4, -0.2) is 29.1 Å². The van der Waals surface area contributed by atoms with E-state index in [4.69, 9.17) is 17.3 Å². The van der Waals surface area contributed by atoms with Crippen LogP contribution in [0.25, 0.3) is 0 Å². The van der Waals surface area contributed by atoms with Gasteiger partial charge in [-0.3, -0.25) is 20.4 Å². The van der Waals surface area contributed by atoms with Crippen LogP contribution in [0.2, 0.25) is 5.02 Å². The van der Waals surface area contributed by atoms with Crippen LogP contribution in [0.5, 0.6) is 0 Å². The maximum atomic E-state index is 11.9. The second-order valence-corrected chi connectivity index (χ2v) is 6.74. The van der Waals surface area contributed by atoms with Gasteiger partial charge in [0.2, 0.25) is 0 Å². The van der Waals surface area contributed by atoms with E-state index < -0.39 is 24.0 Å². The van der Waals surface area contributed by atoms with Crippen LogP contribution in [0.4, 0.5) is 0 Å². The molecule has 1 aliphatic carbocycles. The van der Waals surface area contributed by atoms with Gasteiger partial charge in [0, 0.05) is 16.6 Å². The molecule has 6 nitrogen and oxygen atoms in total. The number of carbonyl (C=O) groups excluding carboxylic acids is 2. The highest BCUT2D eigenvalue weighted by atomic mass is 35.5. The highest BCUT2D eigenvalue weighted by Crippen LogP contribution is 2.27. The van der Waals surface area contributed by atoms with Gasteiger partial charge in [0.15, 0.2) is 0 Å². The lowest BCUT2D eigenvalue weighted by atomic mass is 9.84. The fourth-order valence-corrected chi connectivity index (χ4v) is 3.22. The Morgan fingerprint density at radius 2 is 1.96 bits per heavy atom. The summed E-state index contributed by atoms with van der Waals surface area (Å²) in [5.74, 6) is -0.773. The fourth-order valence-electron chi connectivity index (χ4n) is 3.03. The Bertz CT molecular complexity index is 576. The monoisotopic (exact) mass is 353 g/mol. The summed E-state index contributed by atoms with van der Waals surface area (Å²) in [6, 6.07) is 5.68. The molecule has 1 aromatic rings. The molecule has 0 bridgehead atoms. The average molecular weight is 354 g/mol. The molecular formula is C17H24ClN3O3. The van der Waals surface area contributed by atoms with Crippen LogP contribution in [0.15, 0.2) is 24.3 Å². The first-order valence-corrected chi connectivity index (χ1v) is 8.64. The minimum Gasteiger partial charge on any atom is -0.382 e. The van der Waals surface area contributed by atoms with Gasteiger partial charge in [-0.15, -0.1) is 0 Å². The molecule has 1 saturated carbocycles. The van der Waals surface area contributed by atoms with Gasteiger partial charge < -0.3 is 10.8 Å². The minimum absolute atomic E-state index is 0.309. The lowest BCUT2D eigenvalue weighted by Crippen LogP contribution is -2.52. The summed E-state index contributed by atoms with van der Waals surface area (Å²) in [6.45, 7) is 0. The predicted molar refractivity (Wildman–Crippen MR) is 92.2 cm³/mol. The first kappa shape index (κ1) is 18.7. The quantitative estimate of drug-likeness (QED) is 0.605. The minimum atomic E-state index is -1.36. The number of aliphatic hydroxyl groups excluding tert-OH is 1. The van der Waals surface area contributed by atoms with Crippen molar-refractivity contribution in [1.29, 1.82) is 0 Å². The van der Waals surface area contributed by atoms with Crippen LogP contribution in [0.3, 0.4) is 0 Å². The number of amides is 2. The molecule has 0 heterocycles. The van der Waals surface area contributed by atoms with E-state index in [9.17, 15) is 14.7 Å². The van der Waals surface area contributed by atoms with E-state index in [0.29, 0.717) is 22.9 Å². The number of carbonyl (C=O) groups is 2. The predicted octanol–water partition coefficient (Wildman–Crippen LogP) is 1.76. The van der Waals surface area contributed by atoms with E-state index in [1.54, 1.807) is 18.2 Å². The van der Waals surface area contributed by atoms with Crippen molar-refractivity contribution >= 4 is 23.4 Å². The van der Waals surface area contributed by atoms with E-state index in [0.717, 1.165) is 12.8 Å². The van der Waals surface area contributed by atoms with Gasteiger partial charge in [-0.2, -0.15) is 0 Å². The molecule has 0 spiro atoms. The van der Waals surface area contributed by atoms with Gasteiger partial charge in [-0.25, -0.2) is 0 Å². The Morgan fingerprint density at radius 1 is 1.25 bits per heavy atom. The normalized spacial score (nSPS) is 17.8. The topological polar surface area (TPSA) is 104 Å². The first-order chi connectivity index (χ1) is 11.5. The van der Waals surface area contributed by atoms with Gasteiger partial charge in [0.05, 0.1) is 0 Å². The molecule has 0 aliphatic heterocycles. The number of benzene rings is 1. The van der Waals surface area contributed by atoms with Crippen molar-refractivity contribution in [1.82, 2.24) is 10.9 Å². The summed E-state index contributed by atoms with van der Waals surface area (Å²) in [5, 5.41) is 10.5. The summed E-state index contributed by atoms with van der Waals surface area (Å²) in [5.41, 5.74) is 10.7. The Morgan fingerprint density at radius 3 is 2.62 bits per heavy atom. The molecule has 2 rings (SSSR count). The molecule has 0 radical (unpaired) electrons. The van der Waals surface area contributed by atoms with E-state index in [-0.39, 0.29) is 0 Å². The van der Waals surface area contributed by atoms with Crippen molar-refractivity contribution in [3.8, 4) is 0 Å². The number of rotatable bonds is 5. The molecular weight excluding hydrogens is 330 g/mol. The van der Waals surface area contributed by atoms with Gasteiger partial charge in [-0.05, 0) is 30.5 Å². The molecule has 1 aliphatic rings. The van der Waals surface area contributed by atoms with Crippen molar-refractivity contribution in [2.24, 2.45) is 11.7 Å². The average Bonchev–Trinajstić information content (AvgIpc) is 2.59. The zero-order chi connectivity index (χ0) is 17.5. The van der Waals surface area contributed by atoms with Crippen molar-refractivity contribution in [2.45, 2.75) is 50.7 Å². The van der Waals surface area contributed by atoms with Crippen LogP contribution in [0.1, 0.15) is 48.9 Å². The van der Waals surface area contributed by atoms with E-state index in [1.807, 2.05) is 0 Å². The summed E-state index contributed by atoms with van der Waals surface area (Å²) in [4.78, 5) is 23.9. The summed E-state index contributed by atoms with van der Waals surface area (Å²) in [7, 11) is 0. The third-order valence-electron chi connectivity index (χ3n) is 4.39. The lowest BCUT2D eigenvalue weighted by molar-refractivity contribution is -0.131. The van der Waals surface area contributed by atoms with Crippen molar-refractivity contribution in [2.75, 3.05) is 0 Å². The third-order valence-corrected chi connectivity index (χ3v) is 4.63. The largest absolute Gasteiger partial charge is 0.382 e. The summed E-state index contributed by atoms with van der Waals surface area (Å²) in [6.07, 6.45) is 5.03. The molecule has 5 N–H and O–H groups in total. The number of halogens is 1. The SMILES string of the molecule is N[C@H](CC1CCCCC1)[C@H](O)C(=O)NNC(=O)c1cccc(Cl)c1. The van der Waals surface area contributed by atoms with Crippen LogP contribution in [0, 0.1) is 5.92 Å². The second-order valence-electron chi connectivity index (χ2n) is 6.30. The van der Waals surface area contributed by atoms with Crippen molar-refractivity contribution in [3.05, 3.63) is 34.9 Å². The molecule has 0 aromatic heterocycles. The number of nitrogens with one attached hydrogen (secondary N) is 2. The van der Waals surface area contributed by atoms with E-state index in [2.05, 4.69) is 10.9 Å². The molecule has 1 fully saturated rings. The van der Waals surface area contributed by atoms with E-state index in [1.165, 1.54) is 25.3 Å². The Balaban J connectivity index is 1.79. The smallest absolute Gasteiger partial charge is 0.269 e.